The highest BCUT2D eigenvalue weighted by molar-refractivity contribution is 14.0. The summed E-state index contributed by atoms with van der Waals surface area (Å²) in [4.78, 5) is 4.53. The van der Waals surface area contributed by atoms with Crippen molar-refractivity contribution in [2.75, 3.05) is 20.1 Å². The van der Waals surface area contributed by atoms with E-state index in [0.717, 1.165) is 11.3 Å². The topological polar surface area (TPSA) is 116 Å². The molecule has 0 amide bonds. The number of sulfonamides is 1. The number of rotatable bonds is 9. The number of guanidine groups is 1. The van der Waals surface area contributed by atoms with Crippen LogP contribution in [0.4, 0.5) is 0 Å². The first-order valence-electron chi connectivity index (χ1n) is 9.45. The molecule has 0 aliphatic rings. The molecule has 0 bridgehead atoms. The van der Waals surface area contributed by atoms with Crippen molar-refractivity contribution < 1.29 is 17.9 Å². The molecule has 0 aliphatic carbocycles. The molecular formula is C20H31IN4O4S. The van der Waals surface area contributed by atoms with Crippen LogP contribution in [0.2, 0.25) is 0 Å². The Balaban J connectivity index is 0.00000450. The van der Waals surface area contributed by atoms with Crippen LogP contribution >= 0.6 is 24.0 Å². The summed E-state index contributed by atoms with van der Waals surface area (Å²) >= 11 is 0. The molecular weight excluding hydrogens is 519 g/mol. The first kappa shape index (κ1) is 26.4. The standard InChI is InChI=1S/C20H30N4O4S.HI/c1-5-22-19(24-14-20(3,25)18-10-9-15(2)28-18)23-12-16-7-6-8-17(11-16)13-29(26,27)21-4;/h6-11,21,25H,5,12-14H2,1-4H3,(H2,22,23,24);1H. The molecule has 0 saturated carbocycles. The summed E-state index contributed by atoms with van der Waals surface area (Å²) in [6, 6.07) is 10.9. The second-order valence-corrected chi connectivity index (χ2v) is 8.94. The van der Waals surface area contributed by atoms with Crippen LogP contribution in [0.5, 0.6) is 0 Å². The third-order valence-corrected chi connectivity index (χ3v) is 5.63. The number of hydrogen-bond acceptors (Lipinski definition) is 5. The van der Waals surface area contributed by atoms with Gasteiger partial charge in [0, 0.05) is 6.54 Å². The third-order valence-electron chi connectivity index (χ3n) is 4.29. The monoisotopic (exact) mass is 550 g/mol. The summed E-state index contributed by atoms with van der Waals surface area (Å²) in [6.45, 7) is 6.70. The molecule has 0 spiro atoms. The van der Waals surface area contributed by atoms with E-state index in [1.807, 2.05) is 38.1 Å². The first-order valence-corrected chi connectivity index (χ1v) is 11.1. The van der Waals surface area contributed by atoms with Crippen LogP contribution in [0.3, 0.4) is 0 Å². The van der Waals surface area contributed by atoms with Crippen molar-refractivity contribution in [3.63, 3.8) is 0 Å². The van der Waals surface area contributed by atoms with Crippen molar-refractivity contribution in [2.45, 2.75) is 38.7 Å². The van der Waals surface area contributed by atoms with Gasteiger partial charge in [0.15, 0.2) is 5.96 Å². The minimum atomic E-state index is -3.33. The normalized spacial score (nSPS) is 14.0. The number of hydrogen-bond donors (Lipinski definition) is 4. The van der Waals surface area contributed by atoms with Crippen molar-refractivity contribution in [3.05, 3.63) is 59.0 Å². The third kappa shape index (κ3) is 8.25. The van der Waals surface area contributed by atoms with E-state index in [1.54, 1.807) is 19.1 Å². The molecule has 1 aromatic carbocycles. The van der Waals surface area contributed by atoms with Crippen molar-refractivity contribution in [1.82, 2.24) is 15.4 Å². The Morgan fingerprint density at radius 3 is 2.50 bits per heavy atom. The van der Waals surface area contributed by atoms with E-state index in [0.29, 0.717) is 30.4 Å². The van der Waals surface area contributed by atoms with Gasteiger partial charge in [0.2, 0.25) is 10.0 Å². The number of nitrogens with zero attached hydrogens (tertiary/aromatic N) is 1. The van der Waals surface area contributed by atoms with Crippen molar-refractivity contribution in [3.8, 4) is 0 Å². The fourth-order valence-electron chi connectivity index (χ4n) is 2.69. The summed E-state index contributed by atoms with van der Waals surface area (Å²) in [5.74, 6) is 1.69. The average Bonchev–Trinajstić information content (AvgIpc) is 3.11. The van der Waals surface area contributed by atoms with Gasteiger partial charge in [-0.05, 0) is 51.1 Å². The van der Waals surface area contributed by atoms with Gasteiger partial charge in [-0.25, -0.2) is 18.1 Å². The van der Waals surface area contributed by atoms with E-state index in [1.165, 1.54) is 7.05 Å². The van der Waals surface area contributed by atoms with Crippen LogP contribution in [0.15, 0.2) is 45.8 Å². The summed E-state index contributed by atoms with van der Waals surface area (Å²) in [5, 5.41) is 16.9. The van der Waals surface area contributed by atoms with E-state index >= 15 is 0 Å². The van der Waals surface area contributed by atoms with Gasteiger partial charge in [-0.1, -0.05) is 24.3 Å². The maximum atomic E-state index is 11.7. The molecule has 1 unspecified atom stereocenters. The van der Waals surface area contributed by atoms with Crippen LogP contribution in [-0.2, 0) is 27.9 Å². The lowest BCUT2D eigenvalue weighted by Crippen LogP contribution is -2.44. The molecule has 1 atom stereocenters. The van der Waals surface area contributed by atoms with E-state index in [9.17, 15) is 13.5 Å². The number of halogens is 1. The highest BCUT2D eigenvalue weighted by Crippen LogP contribution is 2.21. The van der Waals surface area contributed by atoms with Gasteiger partial charge in [-0.2, -0.15) is 0 Å². The molecule has 2 rings (SSSR count). The summed E-state index contributed by atoms with van der Waals surface area (Å²) in [7, 11) is -1.93. The molecule has 0 saturated heterocycles. The lowest BCUT2D eigenvalue weighted by molar-refractivity contribution is 0.0378. The Kier molecular flexibility index (Phi) is 10.3. The van der Waals surface area contributed by atoms with Crippen LogP contribution in [0.1, 0.15) is 36.5 Å². The fourth-order valence-corrected chi connectivity index (χ4v) is 3.45. The number of benzene rings is 1. The van der Waals surface area contributed by atoms with Crippen molar-refractivity contribution in [2.24, 2.45) is 4.99 Å². The Labute approximate surface area is 195 Å². The van der Waals surface area contributed by atoms with Crippen LogP contribution in [0.25, 0.3) is 0 Å². The first-order chi connectivity index (χ1) is 13.6. The molecule has 4 N–H and O–H groups in total. The number of aliphatic imine (C=N–C) groups is 1. The predicted molar refractivity (Wildman–Crippen MR) is 129 cm³/mol. The Hall–Kier alpha value is -1.63. The molecule has 30 heavy (non-hydrogen) atoms. The highest BCUT2D eigenvalue weighted by atomic mass is 127. The zero-order valence-electron chi connectivity index (χ0n) is 17.7. The van der Waals surface area contributed by atoms with Gasteiger partial charge in [-0.3, -0.25) is 0 Å². The Morgan fingerprint density at radius 2 is 1.90 bits per heavy atom. The zero-order chi connectivity index (χ0) is 21.5. The molecule has 0 fully saturated rings. The zero-order valence-corrected chi connectivity index (χ0v) is 20.9. The van der Waals surface area contributed by atoms with E-state index < -0.39 is 15.6 Å². The van der Waals surface area contributed by atoms with Gasteiger partial charge in [0.25, 0.3) is 0 Å². The summed E-state index contributed by atoms with van der Waals surface area (Å²) in [5.41, 5.74) is 0.395. The minimum absolute atomic E-state index is 0. The molecule has 1 heterocycles. The average molecular weight is 550 g/mol. The molecule has 1 aromatic heterocycles. The lowest BCUT2D eigenvalue weighted by Gasteiger charge is -2.22. The van der Waals surface area contributed by atoms with E-state index in [4.69, 9.17) is 4.42 Å². The number of aryl methyl sites for hydroxylation is 1. The maximum Gasteiger partial charge on any atom is 0.215 e. The molecule has 10 heteroatoms. The smallest absolute Gasteiger partial charge is 0.215 e. The highest BCUT2D eigenvalue weighted by Gasteiger charge is 2.27. The Morgan fingerprint density at radius 1 is 1.20 bits per heavy atom. The molecule has 168 valence electrons. The van der Waals surface area contributed by atoms with E-state index in [-0.39, 0.29) is 36.3 Å². The predicted octanol–water partition coefficient (Wildman–Crippen LogP) is 2.22. The fraction of sp³-hybridized carbons (Fsp3) is 0.450. The Bertz CT molecular complexity index is 942. The minimum Gasteiger partial charge on any atom is -0.463 e. The second kappa shape index (κ2) is 11.7. The molecule has 8 nitrogen and oxygen atoms in total. The van der Waals surface area contributed by atoms with Gasteiger partial charge in [0.1, 0.15) is 17.1 Å². The van der Waals surface area contributed by atoms with Crippen molar-refractivity contribution in [1.29, 1.82) is 0 Å². The number of nitrogens with one attached hydrogen (secondary N) is 3. The lowest BCUT2D eigenvalue weighted by atomic mass is 10.0. The SMILES string of the molecule is CCNC(=NCc1cccc(CS(=O)(=O)NC)c1)NCC(C)(O)c1ccc(C)o1.I. The van der Waals surface area contributed by atoms with Crippen LogP contribution in [-0.4, -0.2) is 39.6 Å². The summed E-state index contributed by atoms with van der Waals surface area (Å²) in [6.07, 6.45) is 0. The van der Waals surface area contributed by atoms with E-state index in [2.05, 4.69) is 20.3 Å². The van der Waals surface area contributed by atoms with Crippen LogP contribution in [0, 0.1) is 6.92 Å². The number of aliphatic hydroxyl groups is 1. The number of furan rings is 1. The molecule has 0 radical (unpaired) electrons. The van der Waals surface area contributed by atoms with Gasteiger partial charge >= 0.3 is 0 Å². The van der Waals surface area contributed by atoms with Gasteiger partial charge < -0.3 is 20.2 Å². The van der Waals surface area contributed by atoms with Gasteiger partial charge in [0.05, 0.1) is 18.8 Å². The largest absolute Gasteiger partial charge is 0.463 e. The van der Waals surface area contributed by atoms with Crippen LogP contribution < -0.4 is 15.4 Å². The van der Waals surface area contributed by atoms with Crippen molar-refractivity contribution >= 4 is 40.0 Å². The van der Waals surface area contributed by atoms with Gasteiger partial charge in [-0.15, -0.1) is 24.0 Å². The quantitative estimate of drug-likeness (QED) is 0.216. The molecule has 2 aromatic rings. The second-order valence-electron chi connectivity index (χ2n) is 7.02. The summed E-state index contributed by atoms with van der Waals surface area (Å²) < 4.78 is 31.3. The molecule has 0 aliphatic heterocycles. The maximum absolute atomic E-state index is 11.7.